The van der Waals surface area contributed by atoms with Crippen molar-refractivity contribution in [1.29, 1.82) is 0 Å². The summed E-state index contributed by atoms with van der Waals surface area (Å²) in [5.74, 6) is -0.594. The van der Waals surface area contributed by atoms with Gasteiger partial charge >= 0.3 is 17.9 Å². The Labute approximate surface area is 293 Å². The van der Waals surface area contributed by atoms with Crippen molar-refractivity contribution in [3.8, 4) is 0 Å². The second-order valence-corrected chi connectivity index (χ2v) is 17.8. The number of hydrogen-bond donors (Lipinski definition) is 0. The lowest BCUT2D eigenvalue weighted by Crippen LogP contribution is -2.65. The third kappa shape index (κ3) is 6.48. The summed E-state index contributed by atoms with van der Waals surface area (Å²) >= 11 is 0. The van der Waals surface area contributed by atoms with Crippen LogP contribution in [0.1, 0.15) is 132 Å². The van der Waals surface area contributed by atoms with Crippen LogP contribution in [0.25, 0.3) is 0 Å². The second kappa shape index (κ2) is 13.7. The summed E-state index contributed by atoms with van der Waals surface area (Å²) < 4.78 is 17.5. The summed E-state index contributed by atoms with van der Waals surface area (Å²) in [5, 5.41) is 0. The molecule has 0 aromatic rings. The van der Waals surface area contributed by atoms with Crippen LogP contribution >= 0.6 is 0 Å². The van der Waals surface area contributed by atoms with Gasteiger partial charge < -0.3 is 14.2 Å². The number of carbonyl (C=O) groups excluding carboxylic acids is 3. The average Bonchev–Trinajstić information content (AvgIpc) is 3.40. The number of ether oxygens (including phenoxy) is 3. The maximum Gasteiger partial charge on any atom is 0.305 e. The van der Waals surface area contributed by atoms with Crippen molar-refractivity contribution in [3.63, 3.8) is 0 Å². The van der Waals surface area contributed by atoms with Crippen molar-refractivity contribution < 1.29 is 48.1 Å². The molecule has 1 heterocycles. The maximum absolute atomic E-state index is 12.7. The average molecular weight is 691 g/mol. The van der Waals surface area contributed by atoms with Crippen molar-refractivity contribution in [3.05, 3.63) is 0 Å². The highest BCUT2D eigenvalue weighted by atomic mass is 17.4. The van der Waals surface area contributed by atoms with Gasteiger partial charge in [0.1, 0.15) is 12.2 Å². The summed E-state index contributed by atoms with van der Waals surface area (Å²) in [5.41, 5.74) is -0.432. The summed E-state index contributed by atoms with van der Waals surface area (Å²) in [6.07, 6.45) is 8.77. The molecule has 1 aliphatic heterocycles. The van der Waals surface area contributed by atoms with E-state index in [1.54, 1.807) is 0 Å². The van der Waals surface area contributed by atoms with Crippen LogP contribution in [0.5, 0.6) is 0 Å². The van der Waals surface area contributed by atoms with E-state index in [0.717, 1.165) is 44.9 Å². The van der Waals surface area contributed by atoms with Gasteiger partial charge in [-0.05, 0) is 91.8 Å². The molecule has 0 aromatic carbocycles. The number of carbonyl (C=O) groups is 3. The van der Waals surface area contributed by atoms with Crippen LogP contribution < -0.4 is 0 Å². The Morgan fingerprint density at radius 3 is 2.12 bits per heavy atom. The normalized spacial score (nSPS) is 46.8. The Hall–Kier alpha value is -1.75. The van der Waals surface area contributed by atoms with Crippen LogP contribution in [-0.4, -0.2) is 48.8 Å². The van der Waals surface area contributed by atoms with Gasteiger partial charge in [0.15, 0.2) is 0 Å². The fourth-order valence-electron chi connectivity index (χ4n) is 12.3. The molecular weight excluding hydrogens is 628 g/mol. The smallest absolute Gasteiger partial charge is 0.305 e. The third-order valence-electron chi connectivity index (χ3n) is 14.8. The van der Waals surface area contributed by atoms with Crippen LogP contribution in [0.3, 0.4) is 0 Å². The van der Waals surface area contributed by atoms with Crippen molar-refractivity contribution in [2.24, 2.45) is 64.1 Å². The number of fused-ring (bicyclic) bond motifs is 5. The van der Waals surface area contributed by atoms with Crippen LogP contribution in [0.4, 0.5) is 0 Å². The van der Waals surface area contributed by atoms with Crippen LogP contribution in [0, 0.1) is 64.1 Å². The first-order valence-corrected chi connectivity index (χ1v) is 19.2. The monoisotopic (exact) mass is 690 g/mol. The minimum atomic E-state index is -1.03. The van der Waals surface area contributed by atoms with E-state index < -0.39 is 11.6 Å². The molecule has 10 nitrogen and oxygen atoms in total. The Bertz CT molecular complexity index is 1240. The Morgan fingerprint density at radius 1 is 0.816 bits per heavy atom. The van der Waals surface area contributed by atoms with Gasteiger partial charge in [-0.25, -0.2) is 0 Å². The molecule has 6 rings (SSSR count). The first-order chi connectivity index (χ1) is 23.1. The predicted molar refractivity (Wildman–Crippen MR) is 179 cm³/mol. The quantitative estimate of drug-likeness (QED) is 0.149. The molecule has 0 N–H and O–H groups in total. The SMILES string of the molecule is COC(=O)CCC(C)C1CC[C@H]2[C@@H]3[C@H](OC(C)=O)C[C@@H]4CC5(CC[C@]4(C)[C@H]3C[C@H](OC(C)=O)[C@]12C)OOC1(CC(C)CCC1C(C)C)OO5. The van der Waals surface area contributed by atoms with Crippen LogP contribution in [0.2, 0.25) is 0 Å². The zero-order valence-corrected chi connectivity index (χ0v) is 31.4. The second-order valence-electron chi connectivity index (χ2n) is 17.8. The molecule has 2 spiro atoms. The first kappa shape index (κ1) is 37.0. The predicted octanol–water partition coefficient (Wildman–Crippen LogP) is 7.71. The molecule has 0 radical (unpaired) electrons. The van der Waals surface area contributed by atoms with Gasteiger partial charge in [-0.1, -0.05) is 48.0 Å². The molecule has 0 amide bonds. The highest BCUT2D eigenvalue weighted by Crippen LogP contribution is 2.70. The molecule has 0 bridgehead atoms. The molecule has 10 heteroatoms. The molecule has 278 valence electrons. The van der Waals surface area contributed by atoms with Crippen molar-refractivity contribution >= 4 is 17.9 Å². The fourth-order valence-corrected chi connectivity index (χ4v) is 12.3. The van der Waals surface area contributed by atoms with E-state index in [9.17, 15) is 14.4 Å². The molecule has 4 unspecified atom stereocenters. The van der Waals surface area contributed by atoms with Crippen LogP contribution in [-0.2, 0) is 48.1 Å². The lowest BCUT2D eigenvalue weighted by atomic mass is 9.42. The molecule has 0 aromatic heterocycles. The lowest BCUT2D eigenvalue weighted by molar-refractivity contribution is -0.673. The summed E-state index contributed by atoms with van der Waals surface area (Å²) in [6.45, 7) is 16.5. The number of hydrogen-bond acceptors (Lipinski definition) is 10. The third-order valence-corrected chi connectivity index (χ3v) is 14.8. The summed E-state index contributed by atoms with van der Waals surface area (Å²) in [4.78, 5) is 62.9. The molecule has 6 aliphatic rings. The van der Waals surface area contributed by atoms with Crippen molar-refractivity contribution in [2.45, 2.75) is 156 Å². The molecule has 49 heavy (non-hydrogen) atoms. The van der Waals surface area contributed by atoms with E-state index in [-0.39, 0.29) is 82.4 Å². The molecular formula is C39H62O10. The topological polar surface area (TPSA) is 116 Å². The minimum absolute atomic E-state index is 0.109. The zero-order chi connectivity index (χ0) is 35.5. The molecule has 6 fully saturated rings. The fraction of sp³-hybridized carbons (Fsp3) is 0.923. The molecule has 1 saturated heterocycles. The van der Waals surface area contributed by atoms with E-state index in [2.05, 4.69) is 41.5 Å². The van der Waals surface area contributed by atoms with Gasteiger partial charge in [-0.2, -0.15) is 19.6 Å². The van der Waals surface area contributed by atoms with E-state index in [0.29, 0.717) is 43.9 Å². The van der Waals surface area contributed by atoms with Gasteiger partial charge in [0.05, 0.1) is 7.11 Å². The zero-order valence-electron chi connectivity index (χ0n) is 31.4. The van der Waals surface area contributed by atoms with Crippen molar-refractivity contribution in [1.82, 2.24) is 0 Å². The molecule has 5 saturated carbocycles. The first-order valence-electron chi connectivity index (χ1n) is 19.2. The minimum Gasteiger partial charge on any atom is -0.469 e. The summed E-state index contributed by atoms with van der Waals surface area (Å²) in [6, 6.07) is 0. The highest BCUT2D eigenvalue weighted by molar-refractivity contribution is 5.69. The molecule has 5 aliphatic carbocycles. The van der Waals surface area contributed by atoms with Gasteiger partial charge in [0.25, 0.3) is 0 Å². The largest absolute Gasteiger partial charge is 0.469 e. The lowest BCUT2D eigenvalue weighted by Gasteiger charge is -2.65. The van der Waals surface area contributed by atoms with Gasteiger partial charge in [0.2, 0.25) is 11.6 Å². The Balaban J connectivity index is 1.27. The van der Waals surface area contributed by atoms with E-state index in [1.165, 1.54) is 21.0 Å². The van der Waals surface area contributed by atoms with E-state index >= 15 is 0 Å². The molecule has 12 atom stereocenters. The number of methoxy groups -OCH3 is 1. The van der Waals surface area contributed by atoms with E-state index in [1.807, 2.05) is 0 Å². The van der Waals surface area contributed by atoms with Crippen LogP contribution in [0.15, 0.2) is 0 Å². The Kier molecular flexibility index (Phi) is 10.3. The summed E-state index contributed by atoms with van der Waals surface area (Å²) in [7, 11) is 1.43. The standard InChI is InChI=1S/C39H62O10/c1-22(2)28-12-10-23(3)20-39(28)48-46-38(47-49-39)17-16-36(7)27(21-38)18-32(44-25(5)40)35-30-14-13-29(24(4)11-15-34(42)43-9)37(30,8)33(19-31(35)36)45-26(6)41/h22-24,27-33,35H,10-21H2,1-9H3/t23?,24?,27-,28?,29?,30+,31+,32-,33+,35+,36+,37-,38?,39?/m1/s1. The Morgan fingerprint density at radius 2 is 1.49 bits per heavy atom. The number of esters is 3. The highest BCUT2D eigenvalue weighted by Gasteiger charge is 2.69. The van der Waals surface area contributed by atoms with Gasteiger partial charge in [-0.15, -0.1) is 0 Å². The van der Waals surface area contributed by atoms with Gasteiger partial charge in [0, 0.05) is 56.8 Å². The number of rotatable bonds is 7. The maximum atomic E-state index is 12.7. The van der Waals surface area contributed by atoms with Crippen molar-refractivity contribution in [2.75, 3.05) is 7.11 Å². The van der Waals surface area contributed by atoms with E-state index in [4.69, 9.17) is 33.8 Å². The van der Waals surface area contributed by atoms with Gasteiger partial charge in [-0.3, -0.25) is 14.4 Å².